The predicted octanol–water partition coefficient (Wildman–Crippen LogP) is 2.54. The van der Waals surface area contributed by atoms with Crippen LogP contribution in [-0.2, 0) is 4.79 Å². The van der Waals surface area contributed by atoms with Crippen molar-refractivity contribution in [3.05, 3.63) is 54.1 Å². The van der Waals surface area contributed by atoms with Gasteiger partial charge in [0, 0.05) is 17.1 Å². The second-order valence-electron chi connectivity index (χ2n) is 6.77. The molecule has 1 aliphatic rings. The maximum absolute atomic E-state index is 13.1. The van der Waals surface area contributed by atoms with Gasteiger partial charge in [0.15, 0.2) is 0 Å². The Morgan fingerprint density at radius 2 is 2.03 bits per heavy atom. The fraction of sp³-hybridized carbons (Fsp3) is 0.217. The van der Waals surface area contributed by atoms with Gasteiger partial charge in [-0.05, 0) is 42.7 Å². The summed E-state index contributed by atoms with van der Waals surface area (Å²) >= 11 is 1.28. The second kappa shape index (κ2) is 8.66. The Balaban J connectivity index is 1.95. The highest BCUT2D eigenvalue weighted by atomic mass is 32.2. The summed E-state index contributed by atoms with van der Waals surface area (Å²) in [7, 11) is 0. The molecular formula is C23H20N4O3S. The van der Waals surface area contributed by atoms with Gasteiger partial charge in [0.2, 0.25) is 5.91 Å². The van der Waals surface area contributed by atoms with Crippen molar-refractivity contribution < 1.29 is 19.3 Å². The van der Waals surface area contributed by atoms with Crippen molar-refractivity contribution in [3.8, 4) is 35.2 Å². The van der Waals surface area contributed by atoms with Crippen molar-refractivity contribution in [2.75, 3.05) is 17.8 Å². The summed E-state index contributed by atoms with van der Waals surface area (Å²) < 4.78 is 7.08. The first-order chi connectivity index (χ1) is 15.1. The van der Waals surface area contributed by atoms with Crippen LogP contribution in [0, 0.1) is 12.3 Å². The maximum Gasteiger partial charge on any atom is 0.293 e. The van der Waals surface area contributed by atoms with Crippen molar-refractivity contribution in [3.63, 3.8) is 0 Å². The van der Waals surface area contributed by atoms with Crippen LogP contribution in [0.2, 0.25) is 0 Å². The Kier molecular flexibility index (Phi) is 5.78. The van der Waals surface area contributed by atoms with Gasteiger partial charge in [-0.2, -0.15) is 0 Å². The van der Waals surface area contributed by atoms with Gasteiger partial charge < -0.3 is 9.84 Å². The van der Waals surface area contributed by atoms with Gasteiger partial charge in [-0.1, -0.05) is 41.4 Å². The van der Waals surface area contributed by atoms with E-state index < -0.39 is 6.17 Å². The number of carbonyl (C=O) groups excluding carboxylic acids is 1. The van der Waals surface area contributed by atoms with Crippen LogP contribution in [-0.4, -0.2) is 28.9 Å². The molecule has 0 spiro atoms. The van der Waals surface area contributed by atoms with E-state index in [9.17, 15) is 9.90 Å². The average molecular weight is 433 g/mol. The van der Waals surface area contributed by atoms with E-state index in [0.29, 0.717) is 34.3 Å². The summed E-state index contributed by atoms with van der Waals surface area (Å²) in [6.45, 7) is 1.98. The molecule has 0 bridgehead atoms. The Morgan fingerprint density at radius 3 is 2.71 bits per heavy atom. The SMILES string of the molecule is C#CCOc1ccc(C2N(C(=O)CC)c3ccccc3-c3c([O-])nc(SC)n[n+]32)cc1. The van der Waals surface area contributed by atoms with E-state index in [0.717, 1.165) is 5.56 Å². The van der Waals surface area contributed by atoms with Gasteiger partial charge in [-0.15, -0.1) is 6.42 Å². The van der Waals surface area contributed by atoms with E-state index in [1.54, 1.807) is 28.0 Å². The number of rotatable bonds is 5. The summed E-state index contributed by atoms with van der Waals surface area (Å²) in [5.41, 5.74) is 2.42. The molecule has 1 amide bonds. The Labute approximate surface area is 184 Å². The summed E-state index contributed by atoms with van der Waals surface area (Å²) in [5.74, 6) is 2.59. The van der Waals surface area contributed by atoms with Crippen LogP contribution in [0.1, 0.15) is 25.1 Å². The fourth-order valence-electron chi connectivity index (χ4n) is 3.62. The molecule has 0 saturated heterocycles. The van der Waals surface area contributed by atoms with E-state index in [4.69, 9.17) is 11.2 Å². The third-order valence-corrected chi connectivity index (χ3v) is 5.51. The topological polar surface area (TPSA) is 82.3 Å². The lowest BCUT2D eigenvalue weighted by Gasteiger charge is -2.33. The molecule has 0 fully saturated rings. The van der Waals surface area contributed by atoms with Crippen LogP contribution in [0.5, 0.6) is 11.6 Å². The molecule has 0 N–H and O–H groups in total. The lowest BCUT2D eigenvalue weighted by atomic mass is 10.0. The second-order valence-corrected chi connectivity index (χ2v) is 7.54. The first-order valence-corrected chi connectivity index (χ1v) is 10.9. The molecular weight excluding hydrogens is 412 g/mol. The van der Waals surface area contributed by atoms with E-state index in [1.807, 2.05) is 43.3 Å². The molecule has 0 radical (unpaired) electrons. The van der Waals surface area contributed by atoms with Gasteiger partial charge in [-0.25, -0.2) is 9.88 Å². The minimum Gasteiger partial charge on any atom is -0.854 e. The predicted molar refractivity (Wildman–Crippen MR) is 116 cm³/mol. The zero-order valence-electron chi connectivity index (χ0n) is 17.1. The van der Waals surface area contributed by atoms with Crippen molar-refractivity contribution >= 4 is 23.4 Å². The highest BCUT2D eigenvalue weighted by Crippen LogP contribution is 2.41. The minimum absolute atomic E-state index is 0.0833. The van der Waals surface area contributed by atoms with Crippen LogP contribution in [0.15, 0.2) is 53.7 Å². The third-order valence-electron chi connectivity index (χ3n) is 4.97. The highest BCUT2D eigenvalue weighted by molar-refractivity contribution is 7.98. The summed E-state index contributed by atoms with van der Waals surface area (Å²) in [4.78, 5) is 18.9. The first kappa shape index (κ1) is 20.7. The Hall–Kier alpha value is -3.57. The van der Waals surface area contributed by atoms with Crippen LogP contribution >= 0.6 is 11.8 Å². The van der Waals surface area contributed by atoms with Crippen LogP contribution < -0.4 is 19.4 Å². The Morgan fingerprint density at radius 1 is 1.29 bits per heavy atom. The number of hydrogen-bond donors (Lipinski definition) is 0. The average Bonchev–Trinajstić information content (AvgIpc) is 2.81. The molecule has 1 unspecified atom stereocenters. The van der Waals surface area contributed by atoms with Crippen LogP contribution in [0.25, 0.3) is 11.3 Å². The van der Waals surface area contributed by atoms with Gasteiger partial charge in [-0.3, -0.25) is 4.79 Å². The number of benzene rings is 2. The lowest BCUT2D eigenvalue weighted by Crippen LogP contribution is -2.59. The number of amides is 1. The number of hydrogen-bond acceptors (Lipinski definition) is 6. The molecule has 156 valence electrons. The zero-order valence-corrected chi connectivity index (χ0v) is 17.9. The molecule has 4 rings (SSSR count). The van der Waals surface area contributed by atoms with Crippen LogP contribution in [0.3, 0.4) is 0 Å². The summed E-state index contributed by atoms with van der Waals surface area (Å²) in [6.07, 6.45) is 6.73. The van der Waals surface area contributed by atoms with Gasteiger partial charge in [0.05, 0.1) is 17.1 Å². The normalized spacial score (nSPS) is 14.4. The molecule has 0 aliphatic carbocycles. The smallest absolute Gasteiger partial charge is 0.293 e. The van der Waals surface area contributed by atoms with Crippen molar-refractivity contribution in [2.45, 2.75) is 24.7 Å². The van der Waals surface area contributed by atoms with E-state index in [-0.39, 0.29) is 18.4 Å². The number of fused-ring (bicyclic) bond motifs is 3. The number of para-hydroxylation sites is 1. The lowest BCUT2D eigenvalue weighted by molar-refractivity contribution is -0.764. The number of terminal acetylenes is 1. The van der Waals surface area contributed by atoms with Gasteiger partial charge in [0.25, 0.3) is 17.0 Å². The molecule has 1 atom stereocenters. The van der Waals surface area contributed by atoms with Gasteiger partial charge in [0.1, 0.15) is 12.4 Å². The largest absolute Gasteiger partial charge is 0.854 e. The number of nitrogens with zero attached hydrogens (tertiary/aromatic N) is 4. The van der Waals surface area contributed by atoms with E-state index in [1.165, 1.54) is 11.8 Å². The monoisotopic (exact) mass is 432 g/mol. The molecule has 1 aromatic heterocycles. The molecule has 1 aliphatic heterocycles. The molecule has 0 saturated carbocycles. The van der Waals surface area contributed by atoms with Crippen molar-refractivity contribution in [1.82, 2.24) is 10.1 Å². The molecule has 7 nitrogen and oxygen atoms in total. The fourth-order valence-corrected chi connectivity index (χ4v) is 3.97. The molecule has 31 heavy (non-hydrogen) atoms. The minimum atomic E-state index is -0.638. The van der Waals surface area contributed by atoms with Crippen LogP contribution in [0.4, 0.5) is 5.69 Å². The molecule has 2 aromatic carbocycles. The summed E-state index contributed by atoms with van der Waals surface area (Å²) in [6, 6.07) is 14.6. The number of aromatic nitrogens is 3. The number of thioether (sulfide) groups is 1. The van der Waals surface area contributed by atoms with Gasteiger partial charge >= 0.3 is 0 Å². The van der Waals surface area contributed by atoms with E-state index in [2.05, 4.69) is 16.0 Å². The molecule has 2 heterocycles. The number of carbonyl (C=O) groups is 1. The Bertz CT molecular complexity index is 1170. The maximum atomic E-state index is 13.1. The standard InChI is InChI=1S/C23H20N4O3S/c1-4-14-30-16-12-10-15(11-13-16)22-26(19(28)5-2)18-9-7-6-8-17(18)20-21(29)24-23(31-3)25-27(20)22/h1,6-13,22H,5,14H2,2-3H3. The number of anilines is 1. The zero-order chi connectivity index (χ0) is 22.0. The summed E-state index contributed by atoms with van der Waals surface area (Å²) in [5, 5.41) is 17.9. The van der Waals surface area contributed by atoms with Crippen molar-refractivity contribution in [2.24, 2.45) is 0 Å². The van der Waals surface area contributed by atoms with E-state index >= 15 is 0 Å². The quantitative estimate of drug-likeness (QED) is 0.350. The first-order valence-electron chi connectivity index (χ1n) is 9.71. The molecule has 3 aromatic rings. The number of ether oxygens (including phenoxy) is 1. The highest BCUT2D eigenvalue weighted by Gasteiger charge is 2.44. The third kappa shape index (κ3) is 3.68. The molecule has 8 heteroatoms. The van der Waals surface area contributed by atoms with Crippen molar-refractivity contribution in [1.29, 1.82) is 0 Å².